The average Bonchev–Trinajstić information content (AvgIpc) is 3.19. The van der Waals surface area contributed by atoms with Gasteiger partial charge in [0.05, 0.1) is 36.2 Å². The highest BCUT2D eigenvalue weighted by Crippen LogP contribution is 2.24. The third-order valence-corrected chi connectivity index (χ3v) is 6.04. The van der Waals surface area contributed by atoms with Gasteiger partial charge >= 0.3 is 0 Å². The molecule has 4 rings (SSSR count). The minimum absolute atomic E-state index is 0.0238. The molecule has 1 atom stereocenters. The molecule has 0 N–H and O–H groups in total. The molecule has 0 saturated carbocycles. The van der Waals surface area contributed by atoms with E-state index in [0.29, 0.717) is 24.3 Å². The van der Waals surface area contributed by atoms with Crippen molar-refractivity contribution in [2.45, 2.75) is 31.8 Å². The maximum absolute atomic E-state index is 13.7. The molecular weight excluding hydrogens is 489 g/mol. The second-order valence-electron chi connectivity index (χ2n) is 7.09. The highest BCUT2D eigenvalue weighted by atomic mass is 127. The summed E-state index contributed by atoms with van der Waals surface area (Å²) in [5.74, 6) is -0.943. The van der Waals surface area contributed by atoms with Gasteiger partial charge in [-0.3, -0.25) is 14.5 Å². The van der Waals surface area contributed by atoms with Gasteiger partial charge in [-0.15, -0.1) is 0 Å². The van der Waals surface area contributed by atoms with Crippen molar-refractivity contribution in [1.82, 2.24) is 19.7 Å². The van der Waals surface area contributed by atoms with Crippen LogP contribution in [-0.4, -0.2) is 38.2 Å². The van der Waals surface area contributed by atoms with Crippen LogP contribution in [0.3, 0.4) is 0 Å². The van der Waals surface area contributed by atoms with E-state index in [2.05, 4.69) is 32.7 Å². The molecule has 1 fully saturated rings. The molecule has 0 unspecified atom stereocenters. The molecule has 3 heterocycles. The monoisotopic (exact) mass is 508 g/mol. The van der Waals surface area contributed by atoms with E-state index in [1.807, 2.05) is 11.1 Å². The summed E-state index contributed by atoms with van der Waals surface area (Å²) in [4.78, 5) is 19.0. The van der Waals surface area contributed by atoms with Crippen molar-refractivity contribution in [2.75, 3.05) is 6.54 Å². The third kappa shape index (κ3) is 4.47. The number of hydrogen-bond acceptors (Lipinski definition) is 3. The molecule has 0 spiro atoms. The maximum atomic E-state index is 13.7. The van der Waals surface area contributed by atoms with Gasteiger partial charge in [-0.05, 0) is 72.2 Å². The fourth-order valence-corrected chi connectivity index (χ4v) is 4.20. The molecule has 3 aromatic rings. The summed E-state index contributed by atoms with van der Waals surface area (Å²) in [5.41, 5.74) is 1.83. The molecule has 0 aliphatic carbocycles. The Balaban J connectivity index is 1.53. The summed E-state index contributed by atoms with van der Waals surface area (Å²) in [7, 11) is 0. The van der Waals surface area contributed by atoms with Crippen LogP contribution in [0.2, 0.25) is 0 Å². The van der Waals surface area contributed by atoms with Crippen LogP contribution < -0.4 is 0 Å². The Kier molecular flexibility index (Phi) is 5.89. The van der Waals surface area contributed by atoms with E-state index in [1.54, 1.807) is 23.0 Å². The number of benzene rings is 1. The lowest BCUT2D eigenvalue weighted by molar-refractivity contribution is 0.0582. The van der Waals surface area contributed by atoms with E-state index in [4.69, 9.17) is 0 Å². The Morgan fingerprint density at radius 3 is 2.76 bits per heavy atom. The molecule has 1 saturated heterocycles. The van der Waals surface area contributed by atoms with Crippen molar-refractivity contribution in [2.24, 2.45) is 0 Å². The first kappa shape index (κ1) is 19.9. The molecule has 150 valence electrons. The molecular formula is C21H19F2IN4O. The predicted molar refractivity (Wildman–Crippen MR) is 113 cm³/mol. The molecule has 5 nitrogen and oxygen atoms in total. The predicted octanol–water partition coefficient (Wildman–Crippen LogP) is 4.52. The van der Waals surface area contributed by atoms with Gasteiger partial charge in [-0.25, -0.2) is 8.78 Å². The highest BCUT2D eigenvalue weighted by molar-refractivity contribution is 14.1. The molecule has 0 bridgehead atoms. The lowest BCUT2D eigenvalue weighted by Crippen LogP contribution is -2.46. The van der Waals surface area contributed by atoms with Gasteiger partial charge in [0.2, 0.25) is 0 Å². The number of hydrogen-bond donors (Lipinski definition) is 0. The normalized spacial score (nSPS) is 16.8. The van der Waals surface area contributed by atoms with Crippen LogP contribution in [0.4, 0.5) is 8.78 Å². The Hall–Kier alpha value is -2.36. The quantitative estimate of drug-likeness (QED) is 0.487. The van der Waals surface area contributed by atoms with Gasteiger partial charge in [-0.2, -0.15) is 5.10 Å². The van der Waals surface area contributed by atoms with Crippen molar-refractivity contribution < 1.29 is 13.6 Å². The SMILES string of the molecule is O=C(c1cc(F)ccc1I)N1CCCC[C@H]1Cn1cc(-c2ccc(F)cn2)cn1. The number of amides is 1. The molecule has 0 radical (unpaired) electrons. The minimum Gasteiger partial charge on any atom is -0.334 e. The van der Waals surface area contributed by atoms with Crippen LogP contribution in [-0.2, 0) is 6.54 Å². The molecule has 2 aromatic heterocycles. The number of rotatable bonds is 4. The van der Waals surface area contributed by atoms with Gasteiger partial charge in [-0.1, -0.05) is 0 Å². The highest BCUT2D eigenvalue weighted by Gasteiger charge is 2.29. The van der Waals surface area contributed by atoms with Crippen LogP contribution in [0, 0.1) is 15.2 Å². The first-order valence-corrected chi connectivity index (χ1v) is 10.5. The number of carbonyl (C=O) groups excluding carboxylic acids is 1. The summed E-state index contributed by atoms with van der Waals surface area (Å²) in [6.07, 6.45) is 7.53. The zero-order chi connectivity index (χ0) is 20.4. The Morgan fingerprint density at radius 1 is 1.14 bits per heavy atom. The second kappa shape index (κ2) is 8.56. The van der Waals surface area contributed by atoms with Gasteiger partial charge in [0.1, 0.15) is 11.6 Å². The lowest BCUT2D eigenvalue weighted by atomic mass is 10.0. The van der Waals surface area contributed by atoms with Crippen molar-refractivity contribution in [3.05, 3.63) is 69.7 Å². The largest absolute Gasteiger partial charge is 0.334 e. The summed E-state index contributed by atoms with van der Waals surface area (Å²) in [6.45, 7) is 1.18. The summed E-state index contributed by atoms with van der Waals surface area (Å²) >= 11 is 2.07. The third-order valence-electron chi connectivity index (χ3n) is 5.10. The van der Waals surface area contributed by atoms with Crippen LogP contribution in [0.15, 0.2) is 48.9 Å². The molecule has 8 heteroatoms. The summed E-state index contributed by atoms with van der Waals surface area (Å²) in [5, 5.41) is 4.39. The molecule has 1 aliphatic heterocycles. The van der Waals surface area contributed by atoms with Crippen LogP contribution in [0.25, 0.3) is 11.3 Å². The molecule has 29 heavy (non-hydrogen) atoms. The van der Waals surface area contributed by atoms with E-state index in [9.17, 15) is 13.6 Å². The fourth-order valence-electron chi connectivity index (χ4n) is 3.63. The fraction of sp³-hybridized carbons (Fsp3) is 0.286. The number of piperidine rings is 1. The molecule has 1 amide bonds. The number of aromatic nitrogens is 3. The van der Waals surface area contributed by atoms with Gasteiger partial charge < -0.3 is 4.90 Å². The van der Waals surface area contributed by atoms with Crippen LogP contribution in [0.1, 0.15) is 29.6 Å². The van der Waals surface area contributed by atoms with Gasteiger partial charge in [0.15, 0.2) is 0 Å². The first-order chi connectivity index (χ1) is 14.0. The van der Waals surface area contributed by atoms with Crippen molar-refractivity contribution in [3.8, 4) is 11.3 Å². The van der Waals surface area contributed by atoms with Crippen molar-refractivity contribution in [1.29, 1.82) is 0 Å². The molecule has 1 aliphatic rings. The zero-order valence-corrected chi connectivity index (χ0v) is 17.7. The van der Waals surface area contributed by atoms with E-state index in [1.165, 1.54) is 24.4 Å². The number of pyridine rings is 1. The number of halogens is 3. The summed E-state index contributed by atoms with van der Waals surface area (Å²) < 4.78 is 29.3. The average molecular weight is 508 g/mol. The van der Waals surface area contributed by atoms with Crippen molar-refractivity contribution in [3.63, 3.8) is 0 Å². The summed E-state index contributed by atoms with van der Waals surface area (Å²) in [6, 6.07) is 7.24. The van der Waals surface area contributed by atoms with E-state index >= 15 is 0 Å². The van der Waals surface area contributed by atoms with E-state index in [-0.39, 0.29) is 17.8 Å². The number of carbonyl (C=O) groups is 1. The van der Waals surface area contributed by atoms with Crippen molar-refractivity contribution >= 4 is 28.5 Å². The topological polar surface area (TPSA) is 51.0 Å². The smallest absolute Gasteiger partial charge is 0.255 e. The van der Waals surface area contributed by atoms with Crippen LogP contribution >= 0.6 is 22.6 Å². The lowest BCUT2D eigenvalue weighted by Gasteiger charge is -2.36. The van der Waals surface area contributed by atoms with Crippen LogP contribution in [0.5, 0.6) is 0 Å². The Morgan fingerprint density at radius 2 is 1.97 bits per heavy atom. The number of likely N-dealkylation sites (tertiary alicyclic amines) is 1. The number of nitrogens with zero attached hydrogens (tertiary/aromatic N) is 4. The van der Waals surface area contributed by atoms with Gasteiger partial charge in [0, 0.05) is 21.9 Å². The van der Waals surface area contributed by atoms with E-state index < -0.39 is 5.82 Å². The molecule has 1 aromatic carbocycles. The zero-order valence-electron chi connectivity index (χ0n) is 15.6. The standard InChI is InChI=1S/C21H19F2IN4O/c22-15-4-6-19(24)18(9-15)21(29)28-8-2-1-3-17(28)13-27-12-14(10-26-27)20-7-5-16(23)11-25-20/h4-7,9-12,17H,1-3,8,13H2/t17-/m0/s1. The minimum atomic E-state index is -0.411. The first-order valence-electron chi connectivity index (χ1n) is 9.41. The Labute approximate surface area is 180 Å². The second-order valence-corrected chi connectivity index (χ2v) is 8.25. The van der Waals surface area contributed by atoms with E-state index in [0.717, 1.165) is 28.4 Å². The Bertz CT molecular complexity index is 1020. The van der Waals surface area contributed by atoms with Gasteiger partial charge in [0.25, 0.3) is 5.91 Å². The maximum Gasteiger partial charge on any atom is 0.255 e.